The normalized spacial score (nSPS) is 12.1. The number of hydrogen-bond donors (Lipinski definition) is 1. The summed E-state index contributed by atoms with van der Waals surface area (Å²) in [4.78, 5) is 29.0. The summed E-state index contributed by atoms with van der Waals surface area (Å²) in [6, 6.07) is 23.0. The molecule has 0 bridgehead atoms. The molecule has 36 heavy (non-hydrogen) atoms. The topological polar surface area (TPSA) is 58.6 Å². The first-order valence-electron chi connectivity index (χ1n) is 12.4. The van der Waals surface area contributed by atoms with Crippen LogP contribution in [-0.4, -0.2) is 34.9 Å². The Morgan fingerprint density at radius 1 is 0.861 bits per heavy atom. The Hall–Kier alpha value is -3.60. The highest BCUT2D eigenvalue weighted by Gasteiger charge is 2.32. The fraction of sp³-hybridized carbons (Fsp3) is 0.355. The van der Waals surface area contributed by atoms with E-state index in [9.17, 15) is 9.59 Å². The zero-order valence-electron chi connectivity index (χ0n) is 22.3. The summed E-state index contributed by atoms with van der Waals surface area (Å²) in [7, 11) is 0. The van der Waals surface area contributed by atoms with Gasteiger partial charge in [0, 0.05) is 18.5 Å². The second-order valence-corrected chi connectivity index (χ2v) is 10.5. The minimum atomic E-state index is -0.692. The van der Waals surface area contributed by atoms with Crippen molar-refractivity contribution in [2.45, 2.75) is 66.1 Å². The van der Waals surface area contributed by atoms with E-state index >= 15 is 0 Å². The molecule has 1 N–H and O–H groups in total. The average molecular weight is 487 g/mol. The van der Waals surface area contributed by atoms with Crippen molar-refractivity contribution in [2.24, 2.45) is 0 Å². The highest BCUT2D eigenvalue weighted by Crippen LogP contribution is 2.20. The fourth-order valence-corrected chi connectivity index (χ4v) is 4.20. The van der Waals surface area contributed by atoms with Crippen LogP contribution in [0.5, 0.6) is 5.75 Å². The number of carbonyl (C=O) groups is 2. The van der Waals surface area contributed by atoms with Crippen LogP contribution < -0.4 is 10.1 Å². The van der Waals surface area contributed by atoms with E-state index in [-0.39, 0.29) is 18.4 Å². The third-order valence-corrected chi connectivity index (χ3v) is 5.89. The van der Waals surface area contributed by atoms with Crippen molar-refractivity contribution >= 4 is 11.8 Å². The summed E-state index contributed by atoms with van der Waals surface area (Å²) in [6.45, 7) is 12.0. The highest BCUT2D eigenvalue weighted by molar-refractivity contribution is 5.89. The van der Waals surface area contributed by atoms with Gasteiger partial charge in [0.25, 0.3) is 5.91 Å². The summed E-state index contributed by atoms with van der Waals surface area (Å²) in [5.74, 6) is 0.253. The lowest BCUT2D eigenvalue weighted by Gasteiger charge is -2.34. The Kier molecular flexibility index (Phi) is 8.92. The molecule has 190 valence electrons. The van der Waals surface area contributed by atoms with Crippen LogP contribution in [0, 0.1) is 20.8 Å². The van der Waals surface area contributed by atoms with Crippen LogP contribution in [0.25, 0.3) is 0 Å². The van der Waals surface area contributed by atoms with E-state index in [4.69, 9.17) is 4.74 Å². The Morgan fingerprint density at radius 3 is 2.17 bits per heavy atom. The van der Waals surface area contributed by atoms with Crippen molar-refractivity contribution in [3.05, 3.63) is 101 Å². The van der Waals surface area contributed by atoms with E-state index in [1.807, 2.05) is 114 Å². The lowest BCUT2D eigenvalue weighted by Crippen LogP contribution is -2.55. The molecule has 0 spiro atoms. The van der Waals surface area contributed by atoms with Crippen molar-refractivity contribution in [3.63, 3.8) is 0 Å². The number of benzene rings is 3. The van der Waals surface area contributed by atoms with E-state index in [1.54, 1.807) is 4.90 Å². The number of rotatable bonds is 9. The van der Waals surface area contributed by atoms with Crippen molar-refractivity contribution < 1.29 is 14.3 Å². The summed E-state index contributed by atoms with van der Waals surface area (Å²) in [6.07, 6.45) is 0.407. The molecule has 1 atom stereocenters. The molecule has 0 aliphatic heterocycles. The maximum atomic E-state index is 13.7. The van der Waals surface area contributed by atoms with Crippen LogP contribution in [0.15, 0.2) is 72.8 Å². The first-order valence-corrected chi connectivity index (χ1v) is 12.4. The SMILES string of the molecule is Cc1cccc(CN(C(=O)COc2ccc(C)cc2C)[C@@H](Cc2ccccc2)C(=O)NC(C)(C)C)c1. The van der Waals surface area contributed by atoms with Gasteiger partial charge in [-0.2, -0.15) is 0 Å². The third kappa shape index (κ3) is 7.98. The number of nitrogens with one attached hydrogen (secondary N) is 1. The Bertz CT molecular complexity index is 1180. The van der Waals surface area contributed by atoms with Crippen molar-refractivity contribution in [1.29, 1.82) is 0 Å². The smallest absolute Gasteiger partial charge is 0.261 e. The second-order valence-electron chi connectivity index (χ2n) is 10.5. The number of amides is 2. The molecule has 2 amide bonds. The molecule has 0 saturated carbocycles. The summed E-state index contributed by atoms with van der Waals surface area (Å²) in [5.41, 5.74) is 4.73. The van der Waals surface area contributed by atoms with Crippen LogP contribution in [0.4, 0.5) is 0 Å². The Morgan fingerprint density at radius 2 is 1.53 bits per heavy atom. The number of aryl methyl sites for hydroxylation is 3. The molecule has 0 saturated heterocycles. The first kappa shape index (κ1) is 27.0. The summed E-state index contributed by atoms with van der Waals surface area (Å²) < 4.78 is 5.95. The van der Waals surface area contributed by atoms with Gasteiger partial charge in [0.15, 0.2) is 6.61 Å². The monoisotopic (exact) mass is 486 g/mol. The molecule has 0 aromatic heterocycles. The van der Waals surface area contributed by atoms with E-state index in [0.717, 1.165) is 27.8 Å². The number of ether oxygens (including phenoxy) is 1. The minimum Gasteiger partial charge on any atom is -0.483 e. The maximum Gasteiger partial charge on any atom is 0.261 e. The quantitative estimate of drug-likeness (QED) is 0.432. The average Bonchev–Trinajstić information content (AvgIpc) is 2.80. The maximum absolute atomic E-state index is 13.7. The Balaban J connectivity index is 1.94. The van der Waals surface area contributed by atoms with Gasteiger partial charge in [-0.05, 0) is 64.3 Å². The predicted molar refractivity (Wildman–Crippen MR) is 145 cm³/mol. The fourth-order valence-electron chi connectivity index (χ4n) is 4.20. The predicted octanol–water partition coefficient (Wildman–Crippen LogP) is 5.55. The molecule has 3 aromatic carbocycles. The van der Waals surface area contributed by atoms with E-state index < -0.39 is 11.6 Å². The van der Waals surface area contributed by atoms with Gasteiger partial charge in [-0.3, -0.25) is 9.59 Å². The van der Waals surface area contributed by atoms with Crippen molar-refractivity contribution in [3.8, 4) is 5.75 Å². The van der Waals surface area contributed by atoms with E-state index in [2.05, 4.69) is 5.32 Å². The lowest BCUT2D eigenvalue weighted by atomic mass is 10.0. The first-order chi connectivity index (χ1) is 17.0. The van der Waals surface area contributed by atoms with Crippen LogP contribution in [0.2, 0.25) is 0 Å². The van der Waals surface area contributed by atoms with Gasteiger partial charge in [-0.1, -0.05) is 77.9 Å². The molecule has 3 aromatic rings. The van der Waals surface area contributed by atoms with Gasteiger partial charge in [0.1, 0.15) is 11.8 Å². The molecule has 0 heterocycles. The highest BCUT2D eigenvalue weighted by atomic mass is 16.5. The zero-order chi connectivity index (χ0) is 26.3. The molecule has 0 radical (unpaired) electrons. The third-order valence-electron chi connectivity index (χ3n) is 5.89. The van der Waals surface area contributed by atoms with E-state index in [1.165, 1.54) is 0 Å². The molecule has 0 aliphatic carbocycles. The number of carbonyl (C=O) groups excluding carboxylic acids is 2. The van der Waals surface area contributed by atoms with Gasteiger partial charge in [-0.15, -0.1) is 0 Å². The van der Waals surface area contributed by atoms with Gasteiger partial charge in [-0.25, -0.2) is 0 Å². The van der Waals surface area contributed by atoms with Crippen LogP contribution in [0.1, 0.15) is 48.6 Å². The lowest BCUT2D eigenvalue weighted by molar-refractivity contribution is -0.143. The standard InChI is InChI=1S/C31H38N2O3/c1-22-11-10-14-26(18-22)20-33(29(34)21-36-28-16-15-23(2)17-24(28)3)27(30(35)32-31(4,5)6)19-25-12-8-7-9-13-25/h7-18,27H,19-21H2,1-6H3,(H,32,35)/t27-/m0/s1. The zero-order valence-corrected chi connectivity index (χ0v) is 22.3. The Labute approximate surface area is 215 Å². The van der Waals surface area contributed by atoms with Gasteiger partial charge < -0.3 is 15.0 Å². The largest absolute Gasteiger partial charge is 0.483 e. The van der Waals surface area contributed by atoms with Crippen molar-refractivity contribution in [2.75, 3.05) is 6.61 Å². The molecule has 5 nitrogen and oxygen atoms in total. The van der Waals surface area contributed by atoms with Crippen molar-refractivity contribution in [1.82, 2.24) is 10.2 Å². The van der Waals surface area contributed by atoms with Crippen LogP contribution in [-0.2, 0) is 22.6 Å². The molecule has 0 aliphatic rings. The number of hydrogen-bond acceptors (Lipinski definition) is 3. The van der Waals surface area contributed by atoms with Crippen LogP contribution in [0.3, 0.4) is 0 Å². The van der Waals surface area contributed by atoms with E-state index in [0.29, 0.717) is 18.7 Å². The van der Waals surface area contributed by atoms with Crippen LogP contribution >= 0.6 is 0 Å². The molecular formula is C31H38N2O3. The molecule has 3 rings (SSSR count). The number of nitrogens with zero attached hydrogens (tertiary/aromatic N) is 1. The minimum absolute atomic E-state index is 0.149. The second kappa shape index (κ2) is 11.9. The van der Waals surface area contributed by atoms with Gasteiger partial charge in [0.05, 0.1) is 0 Å². The molecule has 5 heteroatoms. The molecule has 0 fully saturated rings. The summed E-state index contributed by atoms with van der Waals surface area (Å²) in [5, 5.41) is 3.09. The van der Waals surface area contributed by atoms with Gasteiger partial charge in [0.2, 0.25) is 5.91 Å². The van der Waals surface area contributed by atoms with Gasteiger partial charge >= 0.3 is 0 Å². The summed E-state index contributed by atoms with van der Waals surface area (Å²) >= 11 is 0. The molecule has 0 unspecified atom stereocenters. The molecular weight excluding hydrogens is 448 g/mol.